The summed E-state index contributed by atoms with van der Waals surface area (Å²) < 4.78 is 26.5. The van der Waals surface area contributed by atoms with Crippen LogP contribution in [0, 0.1) is 5.41 Å². The Morgan fingerprint density at radius 1 is 1.42 bits per heavy atom. The molecule has 2 saturated heterocycles. The Kier molecular flexibility index (Phi) is 3.68. The van der Waals surface area contributed by atoms with Crippen LogP contribution in [0.3, 0.4) is 0 Å². The Morgan fingerprint density at radius 2 is 2.32 bits per heavy atom. The van der Waals surface area contributed by atoms with Crippen molar-refractivity contribution in [2.45, 2.75) is 19.3 Å². The van der Waals surface area contributed by atoms with Crippen molar-refractivity contribution in [1.29, 1.82) is 0 Å². The molecule has 0 bridgehead atoms. The largest absolute Gasteiger partial charge is 0.316 e. The summed E-state index contributed by atoms with van der Waals surface area (Å²) in [4.78, 5) is 1.15. The molecule has 0 radical (unpaired) electrons. The molecule has 0 aliphatic carbocycles. The Hall–Kier alpha value is -0.430. The molecule has 1 atom stereocenters. The van der Waals surface area contributed by atoms with Crippen LogP contribution in [0.4, 0.5) is 0 Å². The van der Waals surface area contributed by atoms with Crippen LogP contribution in [0.25, 0.3) is 0 Å². The van der Waals surface area contributed by atoms with Crippen molar-refractivity contribution < 1.29 is 8.42 Å². The third kappa shape index (κ3) is 2.86. The molecular formula is C13H20N2O2S2. The number of thiophene rings is 1. The minimum atomic E-state index is -3.09. The summed E-state index contributed by atoms with van der Waals surface area (Å²) in [6.45, 7) is 3.42. The predicted molar refractivity (Wildman–Crippen MR) is 77.9 cm³/mol. The molecule has 1 spiro atoms. The van der Waals surface area contributed by atoms with Crippen LogP contribution in [0.15, 0.2) is 17.5 Å². The van der Waals surface area contributed by atoms with E-state index in [0.29, 0.717) is 19.5 Å². The van der Waals surface area contributed by atoms with Gasteiger partial charge >= 0.3 is 0 Å². The fourth-order valence-corrected chi connectivity index (χ4v) is 5.50. The molecule has 2 fully saturated rings. The van der Waals surface area contributed by atoms with Gasteiger partial charge < -0.3 is 5.32 Å². The van der Waals surface area contributed by atoms with Crippen molar-refractivity contribution in [2.75, 3.05) is 31.9 Å². The molecule has 3 rings (SSSR count). The number of aryl methyl sites for hydroxylation is 1. The van der Waals surface area contributed by atoms with Crippen molar-refractivity contribution in [3.05, 3.63) is 22.4 Å². The van der Waals surface area contributed by atoms with Crippen molar-refractivity contribution in [3.8, 4) is 0 Å². The van der Waals surface area contributed by atoms with Gasteiger partial charge in [0.05, 0.1) is 5.75 Å². The van der Waals surface area contributed by atoms with Crippen LogP contribution in [0.2, 0.25) is 0 Å². The first-order chi connectivity index (χ1) is 9.10. The van der Waals surface area contributed by atoms with E-state index < -0.39 is 10.0 Å². The zero-order valence-electron chi connectivity index (χ0n) is 11.0. The van der Waals surface area contributed by atoms with Crippen LogP contribution in [0.1, 0.15) is 17.7 Å². The average molecular weight is 300 g/mol. The minimum absolute atomic E-state index is 0.218. The van der Waals surface area contributed by atoms with E-state index in [2.05, 4.69) is 5.32 Å². The lowest BCUT2D eigenvalue weighted by molar-refractivity contribution is 0.338. The smallest absolute Gasteiger partial charge is 0.214 e. The maximum Gasteiger partial charge on any atom is 0.214 e. The Bertz CT molecular complexity index is 519. The zero-order chi connectivity index (χ0) is 13.3. The quantitative estimate of drug-likeness (QED) is 0.912. The first-order valence-corrected chi connectivity index (χ1v) is 9.30. The fourth-order valence-electron chi connectivity index (χ4n) is 3.09. The highest BCUT2D eigenvalue weighted by Gasteiger charge is 2.43. The summed E-state index contributed by atoms with van der Waals surface area (Å²) in [5.41, 5.74) is 0.218. The SMILES string of the molecule is O=S(=O)(CCc1cccs1)N1CCC2(CCNC2)C1. The van der Waals surface area contributed by atoms with Crippen molar-refractivity contribution >= 4 is 21.4 Å². The molecule has 2 aliphatic heterocycles. The van der Waals surface area contributed by atoms with E-state index in [1.807, 2.05) is 17.5 Å². The van der Waals surface area contributed by atoms with Crippen LogP contribution < -0.4 is 5.32 Å². The van der Waals surface area contributed by atoms with Gasteiger partial charge in [0.15, 0.2) is 0 Å². The van der Waals surface area contributed by atoms with Gasteiger partial charge in [0.1, 0.15) is 0 Å². The van der Waals surface area contributed by atoms with E-state index in [1.54, 1.807) is 15.6 Å². The summed E-state index contributed by atoms with van der Waals surface area (Å²) in [5, 5.41) is 5.36. The molecule has 0 amide bonds. The second-order valence-electron chi connectivity index (χ2n) is 5.66. The number of rotatable bonds is 4. The molecule has 3 heterocycles. The monoisotopic (exact) mass is 300 g/mol. The molecule has 1 unspecified atom stereocenters. The number of nitrogens with zero attached hydrogens (tertiary/aromatic N) is 1. The van der Waals surface area contributed by atoms with E-state index in [9.17, 15) is 8.42 Å². The number of hydrogen-bond donors (Lipinski definition) is 1. The highest BCUT2D eigenvalue weighted by molar-refractivity contribution is 7.89. The number of nitrogens with one attached hydrogen (secondary N) is 1. The minimum Gasteiger partial charge on any atom is -0.316 e. The van der Waals surface area contributed by atoms with Gasteiger partial charge in [-0.15, -0.1) is 11.3 Å². The lowest BCUT2D eigenvalue weighted by Gasteiger charge is -2.22. The molecule has 4 nitrogen and oxygen atoms in total. The van der Waals surface area contributed by atoms with Crippen LogP contribution in [0.5, 0.6) is 0 Å². The maximum absolute atomic E-state index is 12.4. The first-order valence-electron chi connectivity index (χ1n) is 6.81. The van der Waals surface area contributed by atoms with Gasteiger partial charge in [-0.25, -0.2) is 12.7 Å². The molecule has 106 valence electrons. The molecule has 19 heavy (non-hydrogen) atoms. The van der Waals surface area contributed by atoms with Crippen LogP contribution in [-0.4, -0.2) is 44.7 Å². The Labute approximate surface area is 118 Å². The summed E-state index contributed by atoms with van der Waals surface area (Å²) in [5.74, 6) is 0.247. The standard InChI is InChI=1S/C13H20N2O2S2/c16-19(17,9-3-12-2-1-8-18-12)15-7-5-13(11-15)4-6-14-10-13/h1-2,8,14H,3-7,9-11H2. The molecule has 0 saturated carbocycles. The van der Waals surface area contributed by atoms with Gasteiger partial charge in [0, 0.05) is 24.5 Å². The molecule has 0 aromatic carbocycles. The van der Waals surface area contributed by atoms with Crippen LogP contribution in [-0.2, 0) is 16.4 Å². The lowest BCUT2D eigenvalue weighted by Crippen LogP contribution is -2.35. The Balaban J connectivity index is 1.61. The summed E-state index contributed by atoms with van der Waals surface area (Å²) in [6.07, 6.45) is 2.77. The van der Waals surface area contributed by atoms with Crippen molar-refractivity contribution in [2.24, 2.45) is 5.41 Å². The zero-order valence-corrected chi connectivity index (χ0v) is 12.6. The third-order valence-corrected chi connectivity index (χ3v) is 7.07. The van der Waals surface area contributed by atoms with Crippen LogP contribution >= 0.6 is 11.3 Å². The molecule has 1 aromatic heterocycles. The summed E-state index contributed by atoms with van der Waals surface area (Å²) in [6, 6.07) is 3.98. The average Bonchev–Trinajstić information content (AvgIpc) is 3.11. The lowest BCUT2D eigenvalue weighted by atomic mass is 9.87. The molecule has 1 N–H and O–H groups in total. The first kappa shape index (κ1) is 13.5. The number of hydrogen-bond acceptors (Lipinski definition) is 4. The fraction of sp³-hybridized carbons (Fsp3) is 0.692. The van der Waals surface area contributed by atoms with Gasteiger partial charge in [0.2, 0.25) is 10.0 Å². The molecular weight excluding hydrogens is 280 g/mol. The van der Waals surface area contributed by atoms with Gasteiger partial charge in [-0.05, 0) is 42.7 Å². The highest BCUT2D eigenvalue weighted by Crippen LogP contribution is 2.37. The Morgan fingerprint density at radius 3 is 3.00 bits per heavy atom. The van der Waals surface area contributed by atoms with E-state index in [4.69, 9.17) is 0 Å². The van der Waals surface area contributed by atoms with Gasteiger partial charge in [0.25, 0.3) is 0 Å². The van der Waals surface area contributed by atoms with Gasteiger partial charge in [-0.1, -0.05) is 6.07 Å². The van der Waals surface area contributed by atoms with Gasteiger partial charge in [-0.3, -0.25) is 0 Å². The summed E-state index contributed by atoms with van der Waals surface area (Å²) in [7, 11) is -3.09. The molecule has 2 aliphatic rings. The van der Waals surface area contributed by atoms with E-state index in [-0.39, 0.29) is 11.2 Å². The van der Waals surface area contributed by atoms with Crippen molar-refractivity contribution in [1.82, 2.24) is 9.62 Å². The predicted octanol–water partition coefficient (Wildman–Crippen LogP) is 1.31. The topological polar surface area (TPSA) is 49.4 Å². The second-order valence-corrected chi connectivity index (χ2v) is 8.78. The van der Waals surface area contributed by atoms with Crippen molar-refractivity contribution in [3.63, 3.8) is 0 Å². The highest BCUT2D eigenvalue weighted by atomic mass is 32.2. The van der Waals surface area contributed by atoms with E-state index in [0.717, 1.165) is 30.8 Å². The number of sulfonamides is 1. The van der Waals surface area contributed by atoms with E-state index in [1.165, 1.54) is 0 Å². The maximum atomic E-state index is 12.4. The second kappa shape index (κ2) is 5.16. The normalized spacial score (nSPS) is 28.4. The molecule has 1 aromatic rings. The third-order valence-electron chi connectivity index (χ3n) is 4.32. The van der Waals surface area contributed by atoms with E-state index >= 15 is 0 Å². The van der Waals surface area contributed by atoms with Gasteiger partial charge in [-0.2, -0.15) is 0 Å². The molecule has 6 heteroatoms. The summed E-state index contributed by atoms with van der Waals surface area (Å²) >= 11 is 1.63.